The van der Waals surface area contributed by atoms with E-state index in [9.17, 15) is 0 Å². The quantitative estimate of drug-likeness (QED) is 0.883. The number of H-pyrrole nitrogens is 1. The third-order valence-electron chi connectivity index (χ3n) is 4.33. The van der Waals surface area contributed by atoms with Crippen molar-refractivity contribution in [3.63, 3.8) is 0 Å². The van der Waals surface area contributed by atoms with Crippen LogP contribution in [-0.4, -0.2) is 42.6 Å². The van der Waals surface area contributed by atoms with Gasteiger partial charge in [0.15, 0.2) is 0 Å². The van der Waals surface area contributed by atoms with E-state index in [2.05, 4.69) is 64.2 Å². The summed E-state index contributed by atoms with van der Waals surface area (Å²) >= 11 is 3.72. The molecule has 0 radical (unpaired) electrons. The van der Waals surface area contributed by atoms with Gasteiger partial charge in [0.05, 0.1) is 4.60 Å². The Morgan fingerprint density at radius 1 is 1.30 bits per heavy atom. The first-order chi connectivity index (χ1) is 9.56. The summed E-state index contributed by atoms with van der Waals surface area (Å²) < 4.78 is 1.14. The molecule has 1 aromatic carbocycles. The van der Waals surface area contributed by atoms with Crippen molar-refractivity contribution in [2.75, 3.05) is 26.7 Å². The average Bonchev–Trinajstić information content (AvgIpc) is 2.73. The van der Waals surface area contributed by atoms with Gasteiger partial charge < -0.3 is 15.2 Å². The Bertz CT molecular complexity index is 632. The maximum absolute atomic E-state index is 3.72. The van der Waals surface area contributed by atoms with Crippen LogP contribution in [0.5, 0.6) is 0 Å². The van der Waals surface area contributed by atoms with Gasteiger partial charge in [0.25, 0.3) is 0 Å². The normalized spacial score (nSPS) is 20.7. The number of nitrogens with one attached hydrogen (secondary N) is 2. The van der Waals surface area contributed by atoms with Crippen LogP contribution in [0.1, 0.15) is 16.7 Å². The second-order valence-corrected chi connectivity index (χ2v) is 6.78. The predicted octanol–water partition coefficient (Wildman–Crippen LogP) is 2.99. The highest BCUT2D eigenvalue weighted by Gasteiger charge is 2.21. The lowest BCUT2D eigenvalue weighted by Gasteiger charge is -2.31. The fraction of sp³-hybridized carbons (Fsp3) is 0.500. The van der Waals surface area contributed by atoms with Gasteiger partial charge in [-0.1, -0.05) is 12.1 Å². The molecule has 4 heteroatoms. The Hall–Kier alpha value is -0.840. The Kier molecular flexibility index (Phi) is 3.89. The average molecular weight is 336 g/mol. The maximum Gasteiger partial charge on any atom is 0.0864 e. The van der Waals surface area contributed by atoms with E-state index >= 15 is 0 Å². The summed E-state index contributed by atoms with van der Waals surface area (Å²) in [6, 6.07) is 4.95. The molecule has 1 aromatic heterocycles. The molecule has 3 nitrogen and oxygen atoms in total. The van der Waals surface area contributed by atoms with Crippen molar-refractivity contribution < 1.29 is 0 Å². The molecule has 0 saturated carbocycles. The summed E-state index contributed by atoms with van der Waals surface area (Å²) in [6.45, 7) is 7.71. The Balaban J connectivity index is 1.98. The van der Waals surface area contributed by atoms with Gasteiger partial charge in [0, 0.05) is 36.6 Å². The maximum atomic E-state index is 3.72. The molecule has 2 N–H and O–H groups in total. The van der Waals surface area contributed by atoms with E-state index in [0.29, 0.717) is 6.04 Å². The number of fused-ring (bicyclic) bond motifs is 1. The number of nitrogens with zero attached hydrogens (tertiary/aromatic N) is 1. The minimum atomic E-state index is 0.531. The number of hydrogen-bond donors (Lipinski definition) is 2. The van der Waals surface area contributed by atoms with Crippen LogP contribution >= 0.6 is 15.9 Å². The number of halogens is 1. The highest BCUT2D eigenvalue weighted by Crippen LogP contribution is 2.32. The van der Waals surface area contributed by atoms with Crippen molar-refractivity contribution in [2.24, 2.45) is 0 Å². The van der Waals surface area contributed by atoms with Gasteiger partial charge in [0.2, 0.25) is 0 Å². The summed E-state index contributed by atoms with van der Waals surface area (Å²) in [4.78, 5) is 5.92. The summed E-state index contributed by atoms with van der Waals surface area (Å²) in [6.07, 6.45) is 1.06. The first kappa shape index (κ1) is 14.1. The van der Waals surface area contributed by atoms with Crippen molar-refractivity contribution in [1.29, 1.82) is 0 Å². The molecule has 1 atom stereocenters. The first-order valence-electron chi connectivity index (χ1n) is 7.24. The number of benzene rings is 1. The predicted molar refractivity (Wildman–Crippen MR) is 88.5 cm³/mol. The lowest BCUT2D eigenvalue weighted by atomic mass is 9.99. The van der Waals surface area contributed by atoms with Crippen molar-refractivity contribution in [3.05, 3.63) is 33.4 Å². The molecular formula is C16H22BrN3. The number of hydrogen-bond acceptors (Lipinski definition) is 2. The molecule has 1 unspecified atom stereocenters. The summed E-state index contributed by atoms with van der Waals surface area (Å²) in [5.41, 5.74) is 5.35. The number of aryl methyl sites for hydroxylation is 2. The van der Waals surface area contributed by atoms with E-state index in [0.717, 1.165) is 30.7 Å². The topological polar surface area (TPSA) is 31.1 Å². The molecule has 1 fully saturated rings. The third-order valence-corrected chi connectivity index (χ3v) is 5.01. The molecule has 2 heterocycles. The van der Waals surface area contributed by atoms with Gasteiger partial charge in [-0.15, -0.1) is 0 Å². The van der Waals surface area contributed by atoms with Crippen LogP contribution in [-0.2, 0) is 6.42 Å². The van der Waals surface area contributed by atoms with Crippen LogP contribution in [0.25, 0.3) is 10.9 Å². The highest BCUT2D eigenvalue weighted by atomic mass is 79.9. The molecule has 1 saturated heterocycles. The van der Waals surface area contributed by atoms with E-state index in [-0.39, 0.29) is 0 Å². The molecule has 3 rings (SSSR count). The van der Waals surface area contributed by atoms with Crippen LogP contribution in [0.4, 0.5) is 0 Å². The van der Waals surface area contributed by atoms with Crippen LogP contribution in [0.15, 0.2) is 16.7 Å². The molecule has 0 bridgehead atoms. The molecule has 108 valence electrons. The molecule has 20 heavy (non-hydrogen) atoms. The van der Waals surface area contributed by atoms with Gasteiger partial charge >= 0.3 is 0 Å². The highest BCUT2D eigenvalue weighted by molar-refractivity contribution is 9.10. The molecule has 0 aliphatic carbocycles. The summed E-state index contributed by atoms with van der Waals surface area (Å²) in [7, 11) is 2.20. The lowest BCUT2D eigenvalue weighted by Crippen LogP contribution is -2.49. The van der Waals surface area contributed by atoms with E-state index in [4.69, 9.17) is 0 Å². The SMILES string of the molecule is Cc1ccc(C)c2c(CC3CN(C)CCN3)c(Br)[nH]c12. The van der Waals surface area contributed by atoms with Crippen molar-refractivity contribution in [2.45, 2.75) is 26.3 Å². The molecule has 0 spiro atoms. The number of rotatable bonds is 2. The van der Waals surface area contributed by atoms with E-state index in [1.807, 2.05) is 0 Å². The lowest BCUT2D eigenvalue weighted by molar-refractivity contribution is 0.238. The van der Waals surface area contributed by atoms with E-state index in [1.54, 1.807) is 0 Å². The minimum Gasteiger partial charge on any atom is -0.349 e. The molecule has 2 aromatic rings. The molecule has 1 aliphatic heterocycles. The minimum absolute atomic E-state index is 0.531. The number of aromatic amines is 1. The van der Waals surface area contributed by atoms with Crippen molar-refractivity contribution >= 4 is 26.8 Å². The van der Waals surface area contributed by atoms with Gasteiger partial charge in [-0.2, -0.15) is 0 Å². The fourth-order valence-electron chi connectivity index (χ4n) is 3.22. The Labute approximate surface area is 128 Å². The van der Waals surface area contributed by atoms with Gasteiger partial charge in [0.1, 0.15) is 0 Å². The van der Waals surface area contributed by atoms with Crippen LogP contribution in [0, 0.1) is 13.8 Å². The second-order valence-electron chi connectivity index (χ2n) is 5.98. The number of likely N-dealkylation sites (N-methyl/N-ethyl adjacent to an activating group) is 1. The monoisotopic (exact) mass is 335 g/mol. The van der Waals surface area contributed by atoms with Crippen LogP contribution in [0.3, 0.4) is 0 Å². The standard InChI is InChI=1S/C16H22BrN3/c1-10-4-5-11(2)15-14(10)13(16(17)19-15)8-12-9-20(3)7-6-18-12/h4-5,12,18-19H,6-9H2,1-3H3. The van der Waals surface area contributed by atoms with Crippen LogP contribution < -0.4 is 5.32 Å². The van der Waals surface area contributed by atoms with E-state index in [1.165, 1.54) is 27.6 Å². The van der Waals surface area contributed by atoms with Crippen molar-refractivity contribution in [3.8, 4) is 0 Å². The zero-order valence-electron chi connectivity index (χ0n) is 12.4. The van der Waals surface area contributed by atoms with Crippen molar-refractivity contribution in [1.82, 2.24) is 15.2 Å². The van der Waals surface area contributed by atoms with Crippen LogP contribution in [0.2, 0.25) is 0 Å². The largest absolute Gasteiger partial charge is 0.349 e. The summed E-state index contributed by atoms with van der Waals surface area (Å²) in [5, 5.41) is 5.03. The third kappa shape index (κ3) is 2.52. The van der Waals surface area contributed by atoms with Gasteiger partial charge in [-0.25, -0.2) is 0 Å². The second kappa shape index (κ2) is 5.51. The van der Waals surface area contributed by atoms with Gasteiger partial charge in [-0.05, 0) is 59.9 Å². The molecule has 1 aliphatic rings. The smallest absolute Gasteiger partial charge is 0.0864 e. The summed E-state index contributed by atoms with van der Waals surface area (Å²) in [5.74, 6) is 0. The number of piperazine rings is 1. The van der Waals surface area contributed by atoms with E-state index < -0.39 is 0 Å². The Morgan fingerprint density at radius 3 is 2.80 bits per heavy atom. The molecule has 0 amide bonds. The first-order valence-corrected chi connectivity index (χ1v) is 8.03. The zero-order valence-corrected chi connectivity index (χ0v) is 14.0. The fourth-order valence-corrected chi connectivity index (χ4v) is 3.78. The zero-order chi connectivity index (χ0) is 14.3. The Morgan fingerprint density at radius 2 is 2.05 bits per heavy atom. The van der Waals surface area contributed by atoms with Gasteiger partial charge in [-0.3, -0.25) is 0 Å². The number of aromatic nitrogens is 1. The molecular weight excluding hydrogens is 314 g/mol.